The molecule has 2 aromatic carbocycles. The van der Waals surface area contributed by atoms with Crippen molar-refractivity contribution in [1.29, 1.82) is 0 Å². The quantitative estimate of drug-likeness (QED) is 0.649. The fourth-order valence-corrected chi connectivity index (χ4v) is 3.41. The van der Waals surface area contributed by atoms with E-state index in [4.69, 9.17) is 9.98 Å². The Balaban J connectivity index is 1.80. The molecule has 114 valence electrons. The summed E-state index contributed by atoms with van der Waals surface area (Å²) in [6.45, 7) is 0. The Labute approximate surface area is 140 Å². The van der Waals surface area contributed by atoms with Crippen LogP contribution < -0.4 is 0 Å². The number of para-hydroxylation sites is 1. The van der Waals surface area contributed by atoms with Gasteiger partial charge in [-0.3, -0.25) is 0 Å². The van der Waals surface area contributed by atoms with Crippen molar-refractivity contribution in [2.75, 3.05) is 0 Å². The normalized spacial score (nSPS) is 18.2. The number of nitrogens with zero attached hydrogens (tertiary/aromatic N) is 3. The van der Waals surface area contributed by atoms with Gasteiger partial charge in [0.1, 0.15) is 5.84 Å². The van der Waals surface area contributed by atoms with Crippen LogP contribution in [-0.4, -0.2) is 15.7 Å². The van der Waals surface area contributed by atoms with Crippen LogP contribution in [0.2, 0.25) is 0 Å². The van der Waals surface area contributed by atoms with E-state index in [0.29, 0.717) is 0 Å². The zero-order chi connectivity index (χ0) is 15.9. The standard InChI is InChI=1S/C21H15N3/c1-2-8-15(9-3-1)20-17-14-16-10-4-5-11-18(16)22-21(17)23-19-12-6-7-13-24(19)20/h1-14,20H. The molecule has 24 heavy (non-hydrogen) atoms. The molecule has 3 heteroatoms. The first-order chi connectivity index (χ1) is 11.9. The summed E-state index contributed by atoms with van der Waals surface area (Å²) in [5, 5.41) is 1.15. The fraction of sp³-hybridized carbons (Fsp3) is 0.0476. The highest BCUT2D eigenvalue weighted by Crippen LogP contribution is 2.40. The van der Waals surface area contributed by atoms with Crippen molar-refractivity contribution in [3.63, 3.8) is 0 Å². The summed E-state index contributed by atoms with van der Waals surface area (Å²) >= 11 is 0. The second-order valence-electron chi connectivity index (χ2n) is 5.99. The Bertz CT molecular complexity index is 1020. The van der Waals surface area contributed by atoms with E-state index < -0.39 is 0 Å². The number of allylic oxidation sites excluding steroid dienone is 2. The zero-order valence-electron chi connectivity index (χ0n) is 13.0. The van der Waals surface area contributed by atoms with E-state index in [1.165, 1.54) is 5.56 Å². The van der Waals surface area contributed by atoms with Crippen LogP contribution in [0.25, 0.3) is 10.9 Å². The maximum absolute atomic E-state index is 4.81. The van der Waals surface area contributed by atoms with Gasteiger partial charge in [-0.25, -0.2) is 9.98 Å². The van der Waals surface area contributed by atoms with Crippen LogP contribution in [-0.2, 0) is 0 Å². The van der Waals surface area contributed by atoms with Crippen molar-refractivity contribution in [2.24, 2.45) is 4.99 Å². The molecule has 1 unspecified atom stereocenters. The summed E-state index contributed by atoms with van der Waals surface area (Å²) in [6.07, 6.45) is 8.20. The molecule has 5 rings (SSSR count). The van der Waals surface area contributed by atoms with Crippen molar-refractivity contribution >= 4 is 22.6 Å². The molecule has 0 amide bonds. The second kappa shape index (κ2) is 5.17. The summed E-state index contributed by atoms with van der Waals surface area (Å²) in [5.74, 6) is 1.75. The molecular weight excluding hydrogens is 294 g/mol. The Kier molecular flexibility index (Phi) is 2.85. The number of rotatable bonds is 1. The molecule has 0 spiro atoms. The SMILES string of the molecule is C1=CC2=Nc3nc4ccccc4cc3C(c3ccccc3)N2C=C1. The minimum absolute atomic E-state index is 0.0898. The van der Waals surface area contributed by atoms with Crippen LogP contribution >= 0.6 is 0 Å². The first-order valence-corrected chi connectivity index (χ1v) is 8.07. The monoisotopic (exact) mass is 309 g/mol. The molecule has 0 radical (unpaired) electrons. The average molecular weight is 309 g/mol. The Morgan fingerprint density at radius 2 is 1.71 bits per heavy atom. The minimum Gasteiger partial charge on any atom is -0.321 e. The lowest BCUT2D eigenvalue weighted by Gasteiger charge is -2.36. The van der Waals surface area contributed by atoms with Gasteiger partial charge in [-0.05, 0) is 29.8 Å². The first kappa shape index (κ1) is 13.3. The highest BCUT2D eigenvalue weighted by atomic mass is 15.2. The number of hydrogen-bond acceptors (Lipinski definition) is 3. The van der Waals surface area contributed by atoms with Gasteiger partial charge in [0.05, 0.1) is 11.6 Å². The van der Waals surface area contributed by atoms with Crippen LogP contribution in [0.1, 0.15) is 17.2 Å². The third-order valence-corrected chi connectivity index (χ3v) is 4.51. The van der Waals surface area contributed by atoms with Gasteiger partial charge >= 0.3 is 0 Å². The molecule has 3 nitrogen and oxygen atoms in total. The molecule has 2 aliphatic rings. The van der Waals surface area contributed by atoms with Crippen molar-refractivity contribution in [3.05, 3.63) is 96.2 Å². The van der Waals surface area contributed by atoms with E-state index in [1.54, 1.807) is 0 Å². The molecule has 1 aromatic heterocycles. The van der Waals surface area contributed by atoms with Crippen LogP contribution in [0.3, 0.4) is 0 Å². The van der Waals surface area contributed by atoms with Gasteiger partial charge in [0, 0.05) is 17.1 Å². The number of aromatic nitrogens is 1. The summed E-state index contributed by atoms with van der Waals surface area (Å²) in [7, 11) is 0. The van der Waals surface area contributed by atoms with E-state index in [1.807, 2.05) is 30.4 Å². The minimum atomic E-state index is 0.0898. The van der Waals surface area contributed by atoms with Gasteiger partial charge in [-0.15, -0.1) is 0 Å². The van der Waals surface area contributed by atoms with Gasteiger partial charge in [-0.2, -0.15) is 0 Å². The van der Waals surface area contributed by atoms with E-state index in [-0.39, 0.29) is 6.04 Å². The number of benzene rings is 2. The molecule has 0 saturated carbocycles. The van der Waals surface area contributed by atoms with Crippen LogP contribution in [0.15, 0.2) is 90.1 Å². The molecular formula is C21H15N3. The highest BCUT2D eigenvalue weighted by molar-refractivity contribution is 5.99. The van der Waals surface area contributed by atoms with Crippen molar-refractivity contribution in [2.45, 2.75) is 6.04 Å². The number of amidine groups is 1. The lowest BCUT2D eigenvalue weighted by Crippen LogP contribution is -2.33. The van der Waals surface area contributed by atoms with E-state index in [2.05, 4.69) is 59.6 Å². The van der Waals surface area contributed by atoms with Gasteiger partial charge in [0.25, 0.3) is 0 Å². The lowest BCUT2D eigenvalue weighted by atomic mass is 9.94. The number of aliphatic imine (C=N–C) groups is 1. The highest BCUT2D eigenvalue weighted by Gasteiger charge is 2.30. The van der Waals surface area contributed by atoms with Crippen molar-refractivity contribution < 1.29 is 0 Å². The van der Waals surface area contributed by atoms with Crippen LogP contribution in [0.4, 0.5) is 5.82 Å². The number of fused-ring (bicyclic) bond motifs is 3. The lowest BCUT2D eigenvalue weighted by molar-refractivity contribution is 0.463. The van der Waals surface area contributed by atoms with Gasteiger partial charge in [0.2, 0.25) is 0 Å². The summed E-state index contributed by atoms with van der Waals surface area (Å²) in [5.41, 5.74) is 3.36. The van der Waals surface area contributed by atoms with Crippen molar-refractivity contribution in [3.8, 4) is 0 Å². The topological polar surface area (TPSA) is 28.5 Å². The van der Waals surface area contributed by atoms with Gasteiger partial charge < -0.3 is 4.90 Å². The van der Waals surface area contributed by atoms with Gasteiger partial charge in [-0.1, -0.05) is 54.6 Å². The van der Waals surface area contributed by atoms with Gasteiger partial charge in [0.15, 0.2) is 5.82 Å². The summed E-state index contributed by atoms with van der Waals surface area (Å²) in [4.78, 5) is 11.8. The van der Waals surface area contributed by atoms with E-state index in [9.17, 15) is 0 Å². The summed E-state index contributed by atoms with van der Waals surface area (Å²) < 4.78 is 0. The van der Waals surface area contributed by atoms with E-state index >= 15 is 0 Å². The molecule has 3 aromatic rings. The maximum atomic E-state index is 4.81. The Morgan fingerprint density at radius 1 is 0.875 bits per heavy atom. The maximum Gasteiger partial charge on any atom is 0.160 e. The Morgan fingerprint density at radius 3 is 2.62 bits per heavy atom. The third kappa shape index (κ3) is 1.98. The molecule has 0 saturated heterocycles. The Hall–Kier alpha value is -3.20. The summed E-state index contributed by atoms with van der Waals surface area (Å²) in [6, 6.07) is 21.1. The van der Waals surface area contributed by atoms with Crippen LogP contribution in [0.5, 0.6) is 0 Å². The van der Waals surface area contributed by atoms with Crippen LogP contribution in [0, 0.1) is 0 Å². The molecule has 0 fully saturated rings. The molecule has 0 N–H and O–H groups in total. The third-order valence-electron chi connectivity index (χ3n) is 4.51. The van der Waals surface area contributed by atoms with E-state index in [0.717, 1.165) is 28.1 Å². The molecule has 1 atom stereocenters. The number of hydrogen-bond donors (Lipinski definition) is 0. The zero-order valence-corrected chi connectivity index (χ0v) is 13.0. The molecule has 0 aliphatic carbocycles. The van der Waals surface area contributed by atoms with Crippen molar-refractivity contribution in [1.82, 2.24) is 9.88 Å². The second-order valence-corrected chi connectivity index (χ2v) is 5.99. The average Bonchev–Trinajstić information content (AvgIpc) is 2.65. The molecule has 3 heterocycles. The fourth-order valence-electron chi connectivity index (χ4n) is 3.41. The predicted molar refractivity (Wildman–Crippen MR) is 97.2 cm³/mol. The molecule has 0 bridgehead atoms. The first-order valence-electron chi connectivity index (χ1n) is 8.07. The predicted octanol–water partition coefficient (Wildman–Crippen LogP) is 4.75. The molecule has 2 aliphatic heterocycles. The smallest absolute Gasteiger partial charge is 0.160 e. The largest absolute Gasteiger partial charge is 0.321 e. The number of pyridine rings is 1.